The number of rotatable bonds is 6. The molecule has 8 nitrogen and oxygen atoms in total. The van der Waals surface area contributed by atoms with Crippen LogP contribution in [0.2, 0.25) is 0 Å². The summed E-state index contributed by atoms with van der Waals surface area (Å²) in [5.74, 6) is -2.48. The quantitative estimate of drug-likeness (QED) is 0.593. The van der Waals surface area contributed by atoms with Gasteiger partial charge in [0.15, 0.2) is 5.69 Å². The van der Waals surface area contributed by atoms with Crippen LogP contribution in [-0.4, -0.2) is 39.1 Å². The molecule has 5 N–H and O–H groups in total. The number of nitrogens with zero attached hydrogens (tertiary/aromatic N) is 1. The van der Waals surface area contributed by atoms with Gasteiger partial charge in [-0.05, 0) is 12.5 Å². The zero-order chi connectivity index (χ0) is 15.4. The average Bonchev–Trinajstić information content (AvgIpc) is 2.86. The van der Waals surface area contributed by atoms with Crippen molar-refractivity contribution in [2.45, 2.75) is 18.9 Å². The molecule has 0 radical (unpaired) electrons. The molecule has 8 heteroatoms. The number of carbonyl (C=O) groups is 3. The van der Waals surface area contributed by atoms with Crippen LogP contribution in [0.25, 0.3) is 10.9 Å². The van der Waals surface area contributed by atoms with E-state index < -0.39 is 23.8 Å². The average molecular weight is 290 g/mol. The number of para-hydroxylation sites is 1. The van der Waals surface area contributed by atoms with Crippen LogP contribution < -0.4 is 11.1 Å². The Balaban J connectivity index is 2.15. The topological polar surface area (TPSA) is 138 Å². The SMILES string of the molecule is NC(=O)CC[C@H](NC(=O)c1n[nH]c2ccccc12)C(=O)O. The number of benzene rings is 1. The Bertz CT molecular complexity index is 694. The van der Waals surface area contributed by atoms with Crippen LogP contribution >= 0.6 is 0 Å². The van der Waals surface area contributed by atoms with Crippen molar-refractivity contribution >= 4 is 28.7 Å². The van der Waals surface area contributed by atoms with Gasteiger partial charge in [-0.25, -0.2) is 4.79 Å². The van der Waals surface area contributed by atoms with Crippen molar-refractivity contribution in [3.63, 3.8) is 0 Å². The van der Waals surface area contributed by atoms with Gasteiger partial charge < -0.3 is 16.2 Å². The molecule has 0 spiro atoms. The number of hydrogen-bond acceptors (Lipinski definition) is 4. The molecule has 1 aromatic heterocycles. The summed E-state index contributed by atoms with van der Waals surface area (Å²) < 4.78 is 0. The number of nitrogens with two attached hydrogens (primary N) is 1. The minimum atomic E-state index is -1.23. The minimum Gasteiger partial charge on any atom is -0.480 e. The molecule has 0 fully saturated rings. The monoisotopic (exact) mass is 290 g/mol. The van der Waals surface area contributed by atoms with E-state index >= 15 is 0 Å². The summed E-state index contributed by atoms with van der Waals surface area (Å²) in [6.45, 7) is 0. The number of carbonyl (C=O) groups excluding carboxylic acids is 2. The maximum atomic E-state index is 12.1. The second kappa shape index (κ2) is 6.04. The zero-order valence-electron chi connectivity index (χ0n) is 11.0. The minimum absolute atomic E-state index is 0.0707. The molecule has 2 rings (SSSR count). The molecule has 0 unspecified atom stereocenters. The lowest BCUT2D eigenvalue weighted by molar-refractivity contribution is -0.139. The standard InChI is InChI=1S/C13H14N4O4/c14-10(18)6-5-9(13(20)21)15-12(19)11-7-3-1-2-4-8(7)16-17-11/h1-4,9H,5-6H2,(H2,14,18)(H,15,19)(H,16,17)(H,20,21)/t9-/m0/s1. The number of amides is 2. The van der Waals surface area contributed by atoms with E-state index in [1.165, 1.54) is 0 Å². The van der Waals surface area contributed by atoms with E-state index in [9.17, 15) is 14.4 Å². The molecular formula is C13H14N4O4. The van der Waals surface area contributed by atoms with Gasteiger partial charge in [0.2, 0.25) is 5.91 Å². The molecule has 0 bridgehead atoms. The number of aromatic nitrogens is 2. The van der Waals surface area contributed by atoms with Gasteiger partial charge in [0.05, 0.1) is 5.52 Å². The summed E-state index contributed by atoms with van der Waals surface area (Å²) in [6, 6.07) is 5.79. The van der Waals surface area contributed by atoms with Gasteiger partial charge in [0.1, 0.15) is 6.04 Å². The van der Waals surface area contributed by atoms with E-state index in [4.69, 9.17) is 10.8 Å². The lowest BCUT2D eigenvalue weighted by Gasteiger charge is -2.12. The molecular weight excluding hydrogens is 276 g/mol. The summed E-state index contributed by atoms with van der Waals surface area (Å²) in [6.07, 6.45) is -0.197. The number of carboxylic acids is 1. The van der Waals surface area contributed by atoms with E-state index in [2.05, 4.69) is 15.5 Å². The Morgan fingerprint density at radius 1 is 1.33 bits per heavy atom. The molecule has 110 valence electrons. The maximum absolute atomic E-state index is 12.1. The number of hydrogen-bond donors (Lipinski definition) is 4. The molecule has 0 saturated heterocycles. The third kappa shape index (κ3) is 3.35. The Morgan fingerprint density at radius 3 is 2.71 bits per heavy atom. The van der Waals surface area contributed by atoms with Crippen LogP contribution in [0.5, 0.6) is 0 Å². The van der Waals surface area contributed by atoms with Gasteiger partial charge >= 0.3 is 5.97 Å². The first-order chi connectivity index (χ1) is 9.99. The van der Waals surface area contributed by atoms with E-state index in [0.29, 0.717) is 10.9 Å². The van der Waals surface area contributed by atoms with Gasteiger partial charge in [0, 0.05) is 11.8 Å². The first-order valence-electron chi connectivity index (χ1n) is 6.24. The van der Waals surface area contributed by atoms with Crippen LogP contribution in [0.3, 0.4) is 0 Å². The van der Waals surface area contributed by atoms with Crippen molar-refractivity contribution in [1.29, 1.82) is 0 Å². The number of aliphatic carboxylic acids is 1. The third-order valence-corrected chi connectivity index (χ3v) is 2.97. The van der Waals surface area contributed by atoms with Gasteiger partial charge in [-0.3, -0.25) is 14.7 Å². The van der Waals surface area contributed by atoms with Gasteiger partial charge in [-0.1, -0.05) is 18.2 Å². The molecule has 1 heterocycles. The van der Waals surface area contributed by atoms with Gasteiger partial charge in [0.25, 0.3) is 5.91 Å². The predicted molar refractivity (Wildman–Crippen MR) is 73.4 cm³/mol. The lowest BCUT2D eigenvalue weighted by atomic mass is 10.1. The highest BCUT2D eigenvalue weighted by Gasteiger charge is 2.23. The second-order valence-electron chi connectivity index (χ2n) is 4.49. The summed E-state index contributed by atoms with van der Waals surface area (Å²) >= 11 is 0. The molecule has 0 saturated carbocycles. The van der Waals surface area contributed by atoms with Crippen molar-refractivity contribution in [3.05, 3.63) is 30.0 Å². The highest BCUT2D eigenvalue weighted by atomic mass is 16.4. The number of aromatic amines is 1. The lowest BCUT2D eigenvalue weighted by Crippen LogP contribution is -2.41. The molecule has 2 aromatic rings. The van der Waals surface area contributed by atoms with Crippen molar-refractivity contribution in [3.8, 4) is 0 Å². The Hall–Kier alpha value is -2.90. The fourth-order valence-corrected chi connectivity index (χ4v) is 1.91. The molecule has 1 atom stereocenters. The molecule has 2 amide bonds. The van der Waals surface area contributed by atoms with Crippen LogP contribution in [0.15, 0.2) is 24.3 Å². The van der Waals surface area contributed by atoms with Crippen molar-refractivity contribution < 1.29 is 19.5 Å². The molecule has 0 aliphatic rings. The normalized spacial score (nSPS) is 12.0. The maximum Gasteiger partial charge on any atom is 0.326 e. The van der Waals surface area contributed by atoms with Crippen LogP contribution in [0.1, 0.15) is 23.3 Å². The summed E-state index contributed by atoms with van der Waals surface area (Å²) in [7, 11) is 0. The first kappa shape index (κ1) is 14.5. The van der Waals surface area contributed by atoms with Crippen molar-refractivity contribution in [2.75, 3.05) is 0 Å². The number of nitrogens with one attached hydrogen (secondary N) is 2. The number of fused-ring (bicyclic) bond motifs is 1. The van der Waals surface area contributed by atoms with Crippen molar-refractivity contribution in [1.82, 2.24) is 15.5 Å². The smallest absolute Gasteiger partial charge is 0.326 e. The number of carboxylic acid groups (broad SMARTS) is 1. The fraction of sp³-hybridized carbons (Fsp3) is 0.231. The van der Waals surface area contributed by atoms with E-state index in [1.807, 2.05) is 0 Å². The summed E-state index contributed by atoms with van der Waals surface area (Å²) in [5, 5.41) is 18.6. The van der Waals surface area contributed by atoms with Crippen LogP contribution in [0.4, 0.5) is 0 Å². The van der Waals surface area contributed by atoms with Crippen molar-refractivity contribution in [2.24, 2.45) is 5.73 Å². The van der Waals surface area contributed by atoms with Crippen LogP contribution in [0, 0.1) is 0 Å². The molecule has 21 heavy (non-hydrogen) atoms. The number of primary amides is 1. The Kier molecular flexibility index (Phi) is 4.17. The third-order valence-electron chi connectivity index (χ3n) is 2.97. The summed E-state index contributed by atoms with van der Waals surface area (Å²) in [4.78, 5) is 33.9. The highest BCUT2D eigenvalue weighted by molar-refractivity contribution is 6.05. The highest BCUT2D eigenvalue weighted by Crippen LogP contribution is 2.15. The van der Waals surface area contributed by atoms with Crippen LogP contribution in [-0.2, 0) is 9.59 Å². The summed E-state index contributed by atoms with van der Waals surface area (Å²) in [5.41, 5.74) is 5.76. The zero-order valence-corrected chi connectivity index (χ0v) is 11.0. The second-order valence-corrected chi connectivity index (χ2v) is 4.49. The Labute approximate surface area is 119 Å². The molecule has 0 aliphatic carbocycles. The predicted octanol–water partition coefficient (Wildman–Crippen LogP) is 0.0114. The fourth-order valence-electron chi connectivity index (χ4n) is 1.91. The molecule has 0 aliphatic heterocycles. The van der Waals surface area contributed by atoms with E-state index in [0.717, 1.165) is 0 Å². The molecule has 1 aromatic carbocycles. The van der Waals surface area contributed by atoms with Gasteiger partial charge in [-0.15, -0.1) is 0 Å². The number of H-pyrrole nitrogens is 1. The van der Waals surface area contributed by atoms with Gasteiger partial charge in [-0.2, -0.15) is 5.10 Å². The largest absolute Gasteiger partial charge is 0.480 e. The van der Waals surface area contributed by atoms with E-state index in [-0.39, 0.29) is 18.5 Å². The Morgan fingerprint density at radius 2 is 2.05 bits per heavy atom. The van der Waals surface area contributed by atoms with E-state index in [1.54, 1.807) is 24.3 Å². The first-order valence-corrected chi connectivity index (χ1v) is 6.24.